The number of amides is 1. The Kier molecular flexibility index (Phi) is 3.16. The van der Waals surface area contributed by atoms with E-state index in [2.05, 4.69) is 5.32 Å². The van der Waals surface area contributed by atoms with Crippen LogP contribution in [0.5, 0.6) is 0 Å². The summed E-state index contributed by atoms with van der Waals surface area (Å²) in [4.78, 5) is 13.6. The molecule has 2 atom stereocenters. The minimum atomic E-state index is -0.0489. The van der Waals surface area contributed by atoms with Crippen molar-refractivity contribution in [3.8, 4) is 0 Å². The molecule has 0 aliphatic carbocycles. The van der Waals surface area contributed by atoms with E-state index in [4.69, 9.17) is 10.5 Å². The number of hydrogen-bond acceptors (Lipinski definition) is 4. The van der Waals surface area contributed by atoms with E-state index >= 15 is 0 Å². The van der Waals surface area contributed by atoms with Crippen LogP contribution in [0.15, 0.2) is 6.07 Å². The fraction of sp³-hybridized carbons (Fsp3) is 0.545. The minimum Gasteiger partial charge on any atom is -0.398 e. The number of anilines is 1. The molecular formula is C11H16N2O2S. The molecule has 0 spiro atoms. The van der Waals surface area contributed by atoms with Crippen molar-refractivity contribution in [3.63, 3.8) is 0 Å². The van der Waals surface area contributed by atoms with Crippen molar-refractivity contribution in [2.45, 2.75) is 32.4 Å². The minimum absolute atomic E-state index is 0.0489. The van der Waals surface area contributed by atoms with Gasteiger partial charge in [-0.3, -0.25) is 4.79 Å². The molecule has 3 N–H and O–H groups in total. The highest BCUT2D eigenvalue weighted by atomic mass is 32.1. The van der Waals surface area contributed by atoms with Crippen LogP contribution < -0.4 is 11.1 Å². The quantitative estimate of drug-likeness (QED) is 0.824. The van der Waals surface area contributed by atoms with Gasteiger partial charge in [0, 0.05) is 17.2 Å². The average molecular weight is 240 g/mol. The number of ether oxygens (including phenoxy) is 1. The summed E-state index contributed by atoms with van der Waals surface area (Å²) in [5.74, 6) is -0.0489. The molecule has 2 heterocycles. The standard InChI is InChI=1S/C11H16N2O2S/c1-6-9(3-4-15-6)13-11(14)10-5-8(12)7(2)16-10/h5-6,9H,3-4,12H2,1-2H3,(H,13,14). The van der Waals surface area contributed by atoms with Crippen LogP contribution in [0.25, 0.3) is 0 Å². The summed E-state index contributed by atoms with van der Waals surface area (Å²) < 4.78 is 5.40. The summed E-state index contributed by atoms with van der Waals surface area (Å²) >= 11 is 1.43. The monoisotopic (exact) mass is 240 g/mol. The molecule has 0 radical (unpaired) electrons. The molecule has 2 rings (SSSR count). The third kappa shape index (κ3) is 2.20. The Morgan fingerprint density at radius 2 is 2.44 bits per heavy atom. The van der Waals surface area contributed by atoms with Crippen LogP contribution >= 0.6 is 11.3 Å². The van der Waals surface area contributed by atoms with Crippen molar-refractivity contribution in [3.05, 3.63) is 15.8 Å². The van der Waals surface area contributed by atoms with Gasteiger partial charge < -0.3 is 15.8 Å². The van der Waals surface area contributed by atoms with Crippen molar-refractivity contribution in [1.29, 1.82) is 0 Å². The smallest absolute Gasteiger partial charge is 0.261 e. The Hall–Kier alpha value is -1.07. The lowest BCUT2D eigenvalue weighted by Gasteiger charge is -2.15. The summed E-state index contributed by atoms with van der Waals surface area (Å²) in [6.07, 6.45) is 0.981. The van der Waals surface area contributed by atoms with E-state index in [1.54, 1.807) is 6.07 Å². The Morgan fingerprint density at radius 3 is 2.94 bits per heavy atom. The largest absolute Gasteiger partial charge is 0.398 e. The van der Waals surface area contributed by atoms with Crippen molar-refractivity contribution in [2.24, 2.45) is 0 Å². The van der Waals surface area contributed by atoms with Gasteiger partial charge in [0.2, 0.25) is 0 Å². The van der Waals surface area contributed by atoms with E-state index < -0.39 is 0 Å². The first-order chi connectivity index (χ1) is 7.58. The van der Waals surface area contributed by atoms with Crippen LogP contribution in [0, 0.1) is 6.92 Å². The molecule has 4 nitrogen and oxygen atoms in total. The highest BCUT2D eigenvalue weighted by Gasteiger charge is 2.26. The molecule has 0 aromatic carbocycles. The van der Waals surface area contributed by atoms with Gasteiger partial charge in [-0.1, -0.05) is 0 Å². The Morgan fingerprint density at radius 1 is 1.69 bits per heavy atom. The summed E-state index contributed by atoms with van der Waals surface area (Å²) in [5, 5.41) is 2.98. The van der Waals surface area contributed by atoms with Gasteiger partial charge in [-0.05, 0) is 26.3 Å². The molecule has 1 aromatic heterocycles. The molecule has 1 aromatic rings. The van der Waals surface area contributed by atoms with Gasteiger partial charge in [-0.25, -0.2) is 0 Å². The Balaban J connectivity index is 2.02. The summed E-state index contributed by atoms with van der Waals surface area (Å²) in [6, 6.07) is 1.85. The summed E-state index contributed by atoms with van der Waals surface area (Å²) in [5.41, 5.74) is 6.41. The van der Waals surface area contributed by atoms with E-state index in [-0.39, 0.29) is 18.1 Å². The van der Waals surface area contributed by atoms with Crippen LogP contribution in [0.1, 0.15) is 27.9 Å². The maximum atomic E-state index is 11.9. The van der Waals surface area contributed by atoms with Crippen molar-refractivity contribution >= 4 is 22.9 Å². The maximum absolute atomic E-state index is 11.9. The first kappa shape index (κ1) is 11.4. The molecular weight excluding hydrogens is 224 g/mol. The molecule has 0 saturated carbocycles. The second-order valence-electron chi connectivity index (χ2n) is 4.07. The molecule has 1 aliphatic rings. The summed E-state index contributed by atoms with van der Waals surface area (Å²) in [6.45, 7) is 4.61. The SMILES string of the molecule is Cc1sc(C(=O)NC2CCOC2C)cc1N. The molecule has 1 fully saturated rings. The molecule has 1 amide bonds. The van der Waals surface area contributed by atoms with E-state index in [0.29, 0.717) is 10.6 Å². The number of aryl methyl sites for hydroxylation is 1. The molecule has 2 unspecified atom stereocenters. The van der Waals surface area contributed by atoms with Gasteiger partial charge in [0.05, 0.1) is 17.0 Å². The van der Waals surface area contributed by atoms with Crippen LogP contribution in [0.4, 0.5) is 5.69 Å². The van der Waals surface area contributed by atoms with Crippen molar-refractivity contribution < 1.29 is 9.53 Å². The number of nitrogen functional groups attached to an aromatic ring is 1. The normalized spacial score (nSPS) is 24.6. The van der Waals surface area contributed by atoms with Crippen LogP contribution in [-0.4, -0.2) is 24.7 Å². The average Bonchev–Trinajstić information content (AvgIpc) is 2.76. The fourth-order valence-corrected chi connectivity index (χ4v) is 2.61. The third-order valence-corrected chi connectivity index (χ3v) is 3.94. The molecule has 1 saturated heterocycles. The van der Waals surface area contributed by atoms with Gasteiger partial charge in [0.15, 0.2) is 0 Å². The lowest BCUT2D eigenvalue weighted by Crippen LogP contribution is -2.38. The number of hydrogen-bond donors (Lipinski definition) is 2. The van der Waals surface area contributed by atoms with Gasteiger partial charge in [-0.15, -0.1) is 11.3 Å². The Bertz CT molecular complexity index is 383. The van der Waals surface area contributed by atoms with E-state index in [9.17, 15) is 4.79 Å². The number of thiophene rings is 1. The second-order valence-corrected chi connectivity index (χ2v) is 5.32. The second kappa shape index (κ2) is 4.43. The van der Waals surface area contributed by atoms with Crippen LogP contribution in [0.2, 0.25) is 0 Å². The number of nitrogens with two attached hydrogens (primary N) is 1. The predicted molar refractivity (Wildman–Crippen MR) is 64.8 cm³/mol. The van der Waals surface area contributed by atoms with Crippen molar-refractivity contribution in [1.82, 2.24) is 5.32 Å². The Labute approximate surface area is 98.8 Å². The van der Waals surface area contributed by atoms with E-state index in [1.807, 2.05) is 13.8 Å². The number of carbonyl (C=O) groups is 1. The zero-order chi connectivity index (χ0) is 11.7. The number of carbonyl (C=O) groups excluding carboxylic acids is 1. The zero-order valence-electron chi connectivity index (χ0n) is 9.45. The highest BCUT2D eigenvalue weighted by molar-refractivity contribution is 7.14. The summed E-state index contributed by atoms with van der Waals surface area (Å²) in [7, 11) is 0. The first-order valence-electron chi connectivity index (χ1n) is 5.36. The maximum Gasteiger partial charge on any atom is 0.261 e. The van der Waals surface area contributed by atoms with Gasteiger partial charge in [0.1, 0.15) is 0 Å². The molecule has 1 aliphatic heterocycles. The number of nitrogens with one attached hydrogen (secondary N) is 1. The predicted octanol–water partition coefficient (Wildman–Crippen LogP) is 1.55. The molecule has 88 valence electrons. The molecule has 0 bridgehead atoms. The fourth-order valence-electron chi connectivity index (χ4n) is 1.77. The highest BCUT2D eigenvalue weighted by Crippen LogP contribution is 2.24. The topological polar surface area (TPSA) is 64.3 Å². The van der Waals surface area contributed by atoms with Crippen molar-refractivity contribution in [2.75, 3.05) is 12.3 Å². The van der Waals surface area contributed by atoms with Gasteiger partial charge in [-0.2, -0.15) is 0 Å². The third-order valence-electron chi connectivity index (χ3n) is 2.87. The van der Waals surface area contributed by atoms with Gasteiger partial charge >= 0.3 is 0 Å². The number of rotatable bonds is 2. The lowest BCUT2D eigenvalue weighted by atomic mass is 10.1. The van der Waals surface area contributed by atoms with Crippen LogP contribution in [-0.2, 0) is 4.74 Å². The van der Waals surface area contributed by atoms with E-state index in [1.165, 1.54) is 11.3 Å². The van der Waals surface area contributed by atoms with E-state index in [0.717, 1.165) is 17.9 Å². The lowest BCUT2D eigenvalue weighted by molar-refractivity contribution is 0.0870. The zero-order valence-corrected chi connectivity index (χ0v) is 10.3. The first-order valence-corrected chi connectivity index (χ1v) is 6.18. The van der Waals surface area contributed by atoms with Gasteiger partial charge in [0.25, 0.3) is 5.91 Å². The van der Waals surface area contributed by atoms with Crippen LogP contribution in [0.3, 0.4) is 0 Å². The molecule has 16 heavy (non-hydrogen) atoms. The molecule has 5 heteroatoms.